The maximum Gasteiger partial charge on any atom is 0.160 e. The second kappa shape index (κ2) is 3.50. The van der Waals surface area contributed by atoms with Crippen LogP contribution in [-0.2, 0) is 0 Å². The maximum atomic E-state index is 10.5. The molecule has 1 heterocycles. The van der Waals surface area contributed by atoms with Crippen LogP contribution in [0.5, 0.6) is 0 Å². The van der Waals surface area contributed by atoms with Crippen LogP contribution in [0.1, 0.15) is 22.5 Å². The van der Waals surface area contributed by atoms with E-state index in [0.29, 0.717) is 0 Å². The summed E-state index contributed by atoms with van der Waals surface area (Å²) in [6, 6.07) is 1.96. The molecule has 1 saturated carbocycles. The summed E-state index contributed by atoms with van der Waals surface area (Å²) < 4.78 is 0. The third-order valence-electron chi connectivity index (χ3n) is 2.39. The number of carbonyl (C=O) groups excluding carboxylic acids is 1. The summed E-state index contributed by atoms with van der Waals surface area (Å²) in [6.45, 7) is 1.13. The largest absolute Gasteiger partial charge is 0.374 e. The van der Waals surface area contributed by atoms with E-state index in [-0.39, 0.29) is 0 Å². The zero-order valence-corrected chi connectivity index (χ0v) is 8.51. The van der Waals surface area contributed by atoms with Gasteiger partial charge in [-0.15, -0.1) is 11.3 Å². The van der Waals surface area contributed by atoms with Gasteiger partial charge in [-0.3, -0.25) is 4.79 Å². The third-order valence-corrected chi connectivity index (χ3v) is 3.24. The van der Waals surface area contributed by atoms with Crippen LogP contribution < -0.4 is 4.90 Å². The maximum absolute atomic E-state index is 10.5. The fraction of sp³-hybridized carbons (Fsp3) is 0.500. The number of nitrogens with zero attached hydrogens (tertiary/aromatic N) is 1. The first-order chi connectivity index (χ1) is 6.29. The fourth-order valence-corrected chi connectivity index (χ4v) is 2.15. The molecule has 0 amide bonds. The fourth-order valence-electron chi connectivity index (χ4n) is 1.40. The number of hydrogen-bond acceptors (Lipinski definition) is 3. The highest BCUT2D eigenvalue weighted by atomic mass is 32.1. The van der Waals surface area contributed by atoms with E-state index < -0.39 is 0 Å². The minimum Gasteiger partial charge on any atom is -0.374 e. The third kappa shape index (κ3) is 2.10. The molecule has 0 bridgehead atoms. The van der Waals surface area contributed by atoms with Crippen molar-refractivity contribution in [3.8, 4) is 0 Å². The Hall–Kier alpha value is -0.830. The predicted molar refractivity (Wildman–Crippen MR) is 55.7 cm³/mol. The zero-order valence-electron chi connectivity index (χ0n) is 7.69. The van der Waals surface area contributed by atoms with Gasteiger partial charge in [0, 0.05) is 24.7 Å². The lowest BCUT2D eigenvalue weighted by Gasteiger charge is -2.16. The highest BCUT2D eigenvalue weighted by Crippen LogP contribution is 2.31. The van der Waals surface area contributed by atoms with Gasteiger partial charge in [0.15, 0.2) is 6.29 Å². The lowest BCUT2D eigenvalue weighted by atomic mass is 10.3. The second-order valence-electron chi connectivity index (χ2n) is 3.65. The number of hydrogen-bond donors (Lipinski definition) is 0. The van der Waals surface area contributed by atoms with Crippen LogP contribution in [0.15, 0.2) is 11.4 Å². The van der Waals surface area contributed by atoms with Crippen LogP contribution in [0.4, 0.5) is 5.69 Å². The van der Waals surface area contributed by atoms with Crippen molar-refractivity contribution in [3.63, 3.8) is 0 Å². The van der Waals surface area contributed by atoms with Gasteiger partial charge in [-0.1, -0.05) is 0 Å². The molecule has 0 aromatic carbocycles. The van der Waals surface area contributed by atoms with Gasteiger partial charge in [0.25, 0.3) is 0 Å². The van der Waals surface area contributed by atoms with E-state index in [1.807, 2.05) is 11.4 Å². The molecule has 0 saturated heterocycles. The van der Waals surface area contributed by atoms with Crippen LogP contribution in [0, 0.1) is 5.92 Å². The number of carbonyl (C=O) groups is 1. The van der Waals surface area contributed by atoms with Gasteiger partial charge in [0.05, 0.1) is 4.88 Å². The molecule has 0 unspecified atom stereocenters. The summed E-state index contributed by atoms with van der Waals surface area (Å²) in [5.41, 5.74) is 1.18. The van der Waals surface area contributed by atoms with Crippen molar-refractivity contribution in [2.75, 3.05) is 18.5 Å². The minimum atomic E-state index is 0.817. The highest BCUT2D eigenvalue weighted by molar-refractivity contribution is 7.12. The predicted octanol–water partition coefficient (Wildman–Crippen LogP) is 2.41. The molecule has 13 heavy (non-hydrogen) atoms. The molecule has 0 spiro atoms. The molecule has 1 aromatic rings. The van der Waals surface area contributed by atoms with E-state index in [1.54, 1.807) is 0 Å². The number of thiophene rings is 1. The lowest BCUT2D eigenvalue weighted by Crippen LogP contribution is -2.18. The molecule has 0 aliphatic heterocycles. The summed E-state index contributed by atoms with van der Waals surface area (Å²) >= 11 is 1.52. The van der Waals surface area contributed by atoms with Crippen LogP contribution >= 0.6 is 11.3 Å². The van der Waals surface area contributed by atoms with Crippen LogP contribution in [0.3, 0.4) is 0 Å². The molecule has 1 aliphatic carbocycles. The molecule has 2 nitrogen and oxygen atoms in total. The first-order valence-electron chi connectivity index (χ1n) is 4.54. The number of aldehydes is 1. The van der Waals surface area contributed by atoms with Crippen molar-refractivity contribution >= 4 is 23.3 Å². The van der Waals surface area contributed by atoms with Crippen molar-refractivity contribution in [1.82, 2.24) is 0 Å². The molecule has 0 radical (unpaired) electrons. The Bertz CT molecular complexity index is 304. The Morgan fingerprint density at radius 1 is 1.69 bits per heavy atom. The summed E-state index contributed by atoms with van der Waals surface area (Å²) in [5, 5.41) is 2.05. The lowest BCUT2D eigenvalue weighted by molar-refractivity contribution is 0.112. The summed E-state index contributed by atoms with van der Waals surface area (Å²) in [6.07, 6.45) is 3.66. The number of anilines is 1. The molecule has 70 valence electrons. The Kier molecular flexibility index (Phi) is 2.36. The Balaban J connectivity index is 2.00. The average molecular weight is 195 g/mol. The minimum absolute atomic E-state index is 0.817. The molecule has 1 aliphatic rings. The SMILES string of the molecule is CN(CC1CC1)c1csc(C=O)c1. The quantitative estimate of drug-likeness (QED) is 0.688. The van der Waals surface area contributed by atoms with E-state index in [0.717, 1.165) is 23.6 Å². The Labute approximate surface area is 82.2 Å². The van der Waals surface area contributed by atoms with E-state index in [1.165, 1.54) is 29.9 Å². The Morgan fingerprint density at radius 2 is 2.46 bits per heavy atom. The van der Waals surface area contributed by atoms with Crippen molar-refractivity contribution in [1.29, 1.82) is 0 Å². The van der Waals surface area contributed by atoms with Crippen molar-refractivity contribution in [2.45, 2.75) is 12.8 Å². The standard InChI is InChI=1S/C10H13NOS/c1-11(5-8-2-3-8)9-4-10(6-12)13-7-9/h4,6-8H,2-3,5H2,1H3. The molecular formula is C10H13NOS. The molecule has 0 N–H and O–H groups in total. The summed E-state index contributed by atoms with van der Waals surface area (Å²) in [7, 11) is 2.09. The van der Waals surface area contributed by atoms with E-state index >= 15 is 0 Å². The van der Waals surface area contributed by atoms with Crippen molar-refractivity contribution in [3.05, 3.63) is 16.3 Å². The highest BCUT2D eigenvalue weighted by Gasteiger charge is 2.23. The van der Waals surface area contributed by atoms with Crippen LogP contribution in [0.25, 0.3) is 0 Å². The second-order valence-corrected chi connectivity index (χ2v) is 4.59. The van der Waals surface area contributed by atoms with E-state index in [9.17, 15) is 4.79 Å². The van der Waals surface area contributed by atoms with Gasteiger partial charge in [-0.25, -0.2) is 0 Å². The molecule has 1 aromatic heterocycles. The van der Waals surface area contributed by atoms with E-state index in [4.69, 9.17) is 0 Å². The zero-order chi connectivity index (χ0) is 9.26. The van der Waals surface area contributed by atoms with Gasteiger partial charge in [-0.2, -0.15) is 0 Å². The number of rotatable bonds is 4. The van der Waals surface area contributed by atoms with Crippen molar-refractivity contribution in [2.24, 2.45) is 5.92 Å². The smallest absolute Gasteiger partial charge is 0.160 e. The van der Waals surface area contributed by atoms with Gasteiger partial charge in [0.2, 0.25) is 0 Å². The average Bonchev–Trinajstić information content (AvgIpc) is 2.82. The molecule has 1 fully saturated rings. The summed E-state index contributed by atoms with van der Waals surface area (Å²) in [4.78, 5) is 13.5. The van der Waals surface area contributed by atoms with Crippen LogP contribution in [0.2, 0.25) is 0 Å². The molecule has 0 atom stereocenters. The molecule has 3 heteroatoms. The van der Waals surface area contributed by atoms with Gasteiger partial charge < -0.3 is 4.90 Å². The van der Waals surface area contributed by atoms with Crippen LogP contribution in [-0.4, -0.2) is 19.9 Å². The Morgan fingerprint density at radius 3 is 3.00 bits per heavy atom. The van der Waals surface area contributed by atoms with Gasteiger partial charge in [0.1, 0.15) is 0 Å². The van der Waals surface area contributed by atoms with E-state index in [2.05, 4.69) is 11.9 Å². The monoisotopic (exact) mass is 195 g/mol. The van der Waals surface area contributed by atoms with Crippen molar-refractivity contribution < 1.29 is 4.79 Å². The summed E-state index contributed by atoms with van der Waals surface area (Å²) in [5.74, 6) is 0.893. The first kappa shape index (κ1) is 8.75. The molecular weight excluding hydrogens is 182 g/mol. The topological polar surface area (TPSA) is 20.3 Å². The van der Waals surface area contributed by atoms with Gasteiger partial charge in [-0.05, 0) is 24.8 Å². The normalized spacial score (nSPS) is 15.8. The molecule has 2 rings (SSSR count). The first-order valence-corrected chi connectivity index (χ1v) is 5.42. The van der Waals surface area contributed by atoms with Gasteiger partial charge >= 0.3 is 0 Å².